The van der Waals surface area contributed by atoms with Gasteiger partial charge < -0.3 is 97.0 Å². The first kappa shape index (κ1) is 70.6. The first-order chi connectivity index (χ1) is 45.9. The fraction of sp³-hybridized carbons (Fsp3) is 0.500. The number of aromatic nitrogens is 12. The Bertz CT molecular complexity index is 4360. The van der Waals surface area contributed by atoms with E-state index in [4.69, 9.17) is 73.8 Å². The number of phosphoric acid groups is 3. The summed E-state index contributed by atoms with van der Waals surface area (Å²) >= 11 is 0. The molecule has 18 N–H and O–H groups in total. The van der Waals surface area contributed by atoms with Crippen LogP contribution in [0.1, 0.15) is 30.5 Å². The number of anilines is 4. The minimum atomic E-state index is -5.79. The van der Waals surface area contributed by atoms with Crippen LogP contribution < -0.4 is 54.8 Å². The monoisotopic (exact) mass is 1430 g/mol. The van der Waals surface area contributed by atoms with Gasteiger partial charge in [0.1, 0.15) is 90.9 Å². The van der Waals surface area contributed by atoms with E-state index < -0.39 is 177 Å². The summed E-state index contributed by atoms with van der Waals surface area (Å²) in [6.45, 7) is -4.50. The highest BCUT2D eigenvalue weighted by Crippen LogP contribution is 2.54. The van der Waals surface area contributed by atoms with E-state index in [1.54, 1.807) is 43.3 Å². The maximum atomic E-state index is 14.2. The largest absolute Gasteiger partial charge is 0.497 e. The summed E-state index contributed by atoms with van der Waals surface area (Å²) in [5.41, 5.74) is 20.9. The van der Waals surface area contributed by atoms with Gasteiger partial charge in [-0.3, -0.25) is 60.0 Å². The Morgan fingerprint density at radius 3 is 1.61 bits per heavy atom. The summed E-state index contributed by atoms with van der Waals surface area (Å²) in [4.78, 5) is 118. The number of aliphatic hydroxyl groups excluding tert-OH is 5. The van der Waals surface area contributed by atoms with Crippen LogP contribution in [-0.2, 0) is 71.0 Å². The Labute approximate surface area is 543 Å². The summed E-state index contributed by atoms with van der Waals surface area (Å²) in [7, 11) is -12.1. The SMILES string of the molecule is COc1ccc(C[C@H](N)C(=O)N[C@H]2[C@@H](O)[C@H](n3cnc4c(N(C)C)ncnc43)O[C@@H]2COP(=O)(O)O[C@H]2[C@@H](O)[C@H](n3ccc(N)nc3=O)O[C@@H]2COP(=O)(O)O[C@H]2[C@@H](O)[C@H](n3ccc(N)nc3=O)O[C@@H]2COP(=O)(O)O[C@H]2[C@@H](O)[C@H](n3cnc4c(=O)[nH]c(N)nc43)O[C@@H]2CO)cc1. The molecule has 3 unspecified atom stereocenters. The van der Waals surface area contributed by atoms with Gasteiger partial charge in [-0.15, -0.1) is 0 Å². The number of rotatable bonds is 26. The average Bonchev–Trinajstić information content (AvgIpc) is 1.63. The van der Waals surface area contributed by atoms with E-state index in [2.05, 4.69) is 45.2 Å². The molecule has 20 atom stereocenters. The van der Waals surface area contributed by atoms with E-state index in [1.807, 2.05) is 0 Å². The molecule has 4 fully saturated rings. The van der Waals surface area contributed by atoms with Crippen LogP contribution >= 0.6 is 23.5 Å². The van der Waals surface area contributed by atoms with Gasteiger partial charge >= 0.3 is 34.8 Å². The second kappa shape index (κ2) is 28.3. The number of methoxy groups -OCH3 is 1. The molecule has 0 aliphatic carbocycles. The van der Waals surface area contributed by atoms with E-state index in [0.29, 0.717) is 26.3 Å². The number of nitrogen functional groups attached to an aromatic ring is 3. The number of imidazole rings is 2. The predicted octanol–water partition coefficient (Wildman–Crippen LogP) is -5.12. The Hall–Kier alpha value is -7.72. The zero-order valence-corrected chi connectivity index (χ0v) is 53.3. The maximum Gasteiger partial charge on any atom is 0.472 e. The number of H-pyrrole nitrogens is 1. The van der Waals surface area contributed by atoms with Gasteiger partial charge in [-0.2, -0.15) is 15.0 Å². The molecule has 44 nitrogen and oxygen atoms in total. The van der Waals surface area contributed by atoms with Gasteiger partial charge in [-0.05, 0) is 36.2 Å². The minimum absolute atomic E-state index is 0.00755. The van der Waals surface area contributed by atoms with Crippen molar-refractivity contribution in [2.24, 2.45) is 5.73 Å². The van der Waals surface area contributed by atoms with E-state index in [0.717, 1.165) is 35.4 Å². The summed E-state index contributed by atoms with van der Waals surface area (Å²) < 4.78 is 107. The molecule has 10 heterocycles. The van der Waals surface area contributed by atoms with Crippen LogP contribution in [-0.4, -0.2) is 231 Å². The maximum absolute atomic E-state index is 14.2. The third-order valence-corrected chi connectivity index (χ3v) is 18.7. The van der Waals surface area contributed by atoms with Crippen LogP contribution in [0, 0.1) is 0 Å². The Kier molecular flexibility index (Phi) is 20.6. The Morgan fingerprint density at radius 2 is 1.10 bits per heavy atom. The van der Waals surface area contributed by atoms with E-state index >= 15 is 0 Å². The molecule has 0 spiro atoms. The first-order valence-corrected chi connectivity index (χ1v) is 33.3. The quantitative estimate of drug-likeness (QED) is 0.0226. The third-order valence-electron chi connectivity index (χ3n) is 15.7. The van der Waals surface area contributed by atoms with Gasteiger partial charge in [0, 0.05) is 26.5 Å². The zero-order valence-electron chi connectivity index (χ0n) is 50.6. The molecule has 7 aromatic rings. The highest BCUT2D eigenvalue weighted by Gasteiger charge is 2.55. The molecular weight excluding hydrogens is 1360 g/mol. The van der Waals surface area contributed by atoms with Crippen LogP contribution in [0.4, 0.5) is 23.4 Å². The summed E-state index contributed by atoms with van der Waals surface area (Å²) in [6.07, 6.45) is -22.9. The number of amides is 1. The molecule has 1 amide bonds. The van der Waals surface area contributed by atoms with Crippen molar-refractivity contribution in [1.82, 2.24) is 63.5 Å². The molecule has 97 heavy (non-hydrogen) atoms. The van der Waals surface area contributed by atoms with Gasteiger partial charge in [0.15, 0.2) is 53.1 Å². The van der Waals surface area contributed by atoms with Gasteiger partial charge in [-0.1, -0.05) is 12.1 Å². The normalized spacial score (nSPS) is 29.5. The number of hydrogen-bond donors (Lipinski definition) is 14. The van der Waals surface area contributed by atoms with Crippen LogP contribution in [0.15, 0.2) is 82.2 Å². The molecule has 47 heteroatoms. The number of ether oxygens (including phenoxy) is 5. The van der Waals surface area contributed by atoms with Crippen LogP contribution in [0.2, 0.25) is 0 Å². The Balaban J connectivity index is 0.809. The molecule has 1 aromatic carbocycles. The number of aromatic amines is 1. The van der Waals surface area contributed by atoms with Crippen molar-refractivity contribution >= 4 is 75.1 Å². The lowest BCUT2D eigenvalue weighted by Crippen LogP contribution is -2.53. The van der Waals surface area contributed by atoms with Crippen LogP contribution in [0.25, 0.3) is 22.3 Å². The standard InChI is InChI=1S/C50H65N18O26P3/c1-64(2)39-30-40(56-17-55-39)67(18-57-30)44-32(70)29(61-42(74)22(51)12-20-4-6-21(84-3)7-5-20)24(89-44)14-85-95(78,79)93-37-26(91-45(34(37)72)65-10-8-27(52)59-49(65)76)16-87-97(82,83)94-38-25(90-46(35(38)73)66-11-9-28(53)60-50(66)77)15-86-96(80,81)92-36-23(13-69)88-47(33(36)71)68-19-58-31-41(68)62-48(54)63-43(31)75/h4-11,17-19,22-26,29,32-38,44-47,69-73H,12-16,51H2,1-3H3,(H,61,74)(H,78,79)(H,80,81)(H,82,83)(H2,52,59,76)(H2,53,60,77)(H3,54,62,63,75)/t22-,23+,24+,25+,26+,29+,32+,33+,34+,35+,36+,37+,38+,44+,45+,46+,47+/m0/s1. The number of fused-ring (bicyclic) bond motifs is 2. The molecule has 6 aromatic heterocycles. The summed E-state index contributed by atoms with van der Waals surface area (Å²) in [6, 6.07) is 6.14. The average molecular weight is 1430 g/mol. The number of nitrogens with two attached hydrogens (primary N) is 4. The van der Waals surface area contributed by atoms with Crippen molar-refractivity contribution in [3.63, 3.8) is 0 Å². The second-order valence-corrected chi connectivity index (χ2v) is 26.6. The number of carbonyl (C=O) groups is 1. The van der Waals surface area contributed by atoms with Crippen molar-refractivity contribution in [3.8, 4) is 5.75 Å². The first-order valence-electron chi connectivity index (χ1n) is 28.8. The fourth-order valence-electron chi connectivity index (χ4n) is 11.1. The number of carbonyl (C=O) groups excluding carboxylic acids is 1. The minimum Gasteiger partial charge on any atom is -0.497 e. The van der Waals surface area contributed by atoms with E-state index in [9.17, 15) is 73.1 Å². The van der Waals surface area contributed by atoms with Crippen molar-refractivity contribution < 1.29 is 110 Å². The van der Waals surface area contributed by atoms with Crippen molar-refractivity contribution in [3.05, 3.63) is 105 Å². The van der Waals surface area contributed by atoms with Gasteiger partial charge in [0.05, 0.1) is 58.3 Å². The number of hydrogen-bond acceptors (Lipinski definition) is 35. The highest BCUT2D eigenvalue weighted by atomic mass is 31.2. The van der Waals surface area contributed by atoms with Crippen molar-refractivity contribution in [2.75, 3.05) is 69.7 Å². The van der Waals surface area contributed by atoms with E-state index in [-0.39, 0.29) is 46.3 Å². The lowest BCUT2D eigenvalue weighted by Gasteiger charge is -2.27. The number of benzene rings is 1. The third kappa shape index (κ3) is 15.0. The lowest BCUT2D eigenvalue weighted by molar-refractivity contribution is -0.124. The van der Waals surface area contributed by atoms with Gasteiger partial charge in [-0.25, -0.2) is 43.2 Å². The number of nitrogens with one attached hydrogen (secondary N) is 2. The summed E-state index contributed by atoms with van der Waals surface area (Å²) in [5, 5.41) is 59.6. The molecule has 0 bridgehead atoms. The van der Waals surface area contributed by atoms with Crippen molar-refractivity contribution in [1.29, 1.82) is 0 Å². The summed E-state index contributed by atoms with van der Waals surface area (Å²) in [5.74, 6) is -0.828. The van der Waals surface area contributed by atoms with Gasteiger partial charge in [0.2, 0.25) is 11.9 Å². The number of nitrogens with zero attached hydrogens (tertiary/aromatic N) is 12. The lowest BCUT2D eigenvalue weighted by atomic mass is 10.0. The molecule has 0 saturated carbocycles. The molecule has 11 rings (SSSR count). The second-order valence-electron chi connectivity index (χ2n) is 22.4. The molecule has 4 saturated heterocycles. The fourth-order valence-corrected chi connectivity index (χ4v) is 14.0. The zero-order chi connectivity index (χ0) is 69.7. The number of aliphatic hydroxyl groups is 5. The predicted molar refractivity (Wildman–Crippen MR) is 323 cm³/mol. The van der Waals surface area contributed by atoms with Gasteiger partial charge in [0.25, 0.3) is 5.56 Å². The smallest absolute Gasteiger partial charge is 0.472 e. The van der Waals surface area contributed by atoms with Crippen LogP contribution in [0.3, 0.4) is 0 Å². The molecular formula is C50H65N18O26P3. The van der Waals surface area contributed by atoms with Crippen LogP contribution in [0.5, 0.6) is 5.75 Å². The molecule has 4 aliphatic heterocycles. The highest BCUT2D eigenvalue weighted by molar-refractivity contribution is 7.48. The Morgan fingerprint density at radius 1 is 0.639 bits per heavy atom. The molecule has 526 valence electrons. The topological polar surface area (TPSA) is 628 Å². The molecule has 0 radical (unpaired) electrons. The number of phosphoric ester groups is 3. The van der Waals surface area contributed by atoms with Crippen molar-refractivity contribution in [2.45, 2.75) is 111 Å². The van der Waals surface area contributed by atoms with E-state index in [1.165, 1.54) is 24.3 Å². The molecule has 4 aliphatic rings.